The van der Waals surface area contributed by atoms with E-state index in [4.69, 9.17) is 9.47 Å². The molecule has 2 aromatic rings. The van der Waals surface area contributed by atoms with Crippen molar-refractivity contribution in [2.45, 2.75) is 44.4 Å². The fourth-order valence-electron chi connectivity index (χ4n) is 4.36. The van der Waals surface area contributed by atoms with Crippen LogP contribution in [0.5, 0.6) is 11.5 Å². The maximum absolute atomic E-state index is 5.73. The van der Waals surface area contributed by atoms with Crippen LogP contribution in [0.15, 0.2) is 23.6 Å². The van der Waals surface area contributed by atoms with Crippen LogP contribution in [0.2, 0.25) is 0 Å². The quantitative estimate of drug-likeness (QED) is 0.764. The van der Waals surface area contributed by atoms with Crippen LogP contribution in [0.3, 0.4) is 0 Å². The van der Waals surface area contributed by atoms with E-state index in [1.165, 1.54) is 40.8 Å². The lowest BCUT2D eigenvalue weighted by Gasteiger charge is -2.32. The van der Waals surface area contributed by atoms with Gasteiger partial charge in [-0.15, -0.1) is 11.3 Å². The number of fused-ring (bicyclic) bond motifs is 1. The molecule has 2 atom stereocenters. The molecule has 1 aliphatic rings. The van der Waals surface area contributed by atoms with Crippen molar-refractivity contribution in [3.05, 3.63) is 45.1 Å². The molecule has 1 aromatic heterocycles. The summed E-state index contributed by atoms with van der Waals surface area (Å²) in [7, 11) is 5.53. The third kappa shape index (κ3) is 3.70. The number of aryl methyl sites for hydroxylation is 1. The largest absolute Gasteiger partial charge is 0.493 e. The van der Waals surface area contributed by atoms with E-state index < -0.39 is 0 Å². The van der Waals surface area contributed by atoms with Crippen LogP contribution in [0.1, 0.15) is 52.7 Å². The lowest BCUT2D eigenvalue weighted by molar-refractivity contribution is 0.346. The minimum atomic E-state index is 0.563. The van der Waals surface area contributed by atoms with Gasteiger partial charge in [-0.05, 0) is 74.2 Å². The molecule has 2 unspecified atom stereocenters. The average molecular weight is 360 g/mol. The minimum Gasteiger partial charge on any atom is -0.493 e. The summed E-state index contributed by atoms with van der Waals surface area (Å²) < 4.78 is 11.3. The van der Waals surface area contributed by atoms with Gasteiger partial charge >= 0.3 is 0 Å². The van der Waals surface area contributed by atoms with Gasteiger partial charge in [-0.25, -0.2) is 0 Å². The van der Waals surface area contributed by atoms with Gasteiger partial charge in [-0.1, -0.05) is 6.07 Å². The van der Waals surface area contributed by atoms with Gasteiger partial charge in [0.05, 0.1) is 14.2 Å². The summed E-state index contributed by atoms with van der Waals surface area (Å²) in [5.41, 5.74) is 4.21. The molecular weight excluding hydrogens is 330 g/mol. The number of rotatable bonds is 7. The molecule has 0 spiro atoms. The van der Waals surface area contributed by atoms with Crippen molar-refractivity contribution in [2.24, 2.45) is 0 Å². The zero-order valence-corrected chi connectivity index (χ0v) is 16.5. The van der Waals surface area contributed by atoms with E-state index in [9.17, 15) is 0 Å². The van der Waals surface area contributed by atoms with E-state index in [2.05, 4.69) is 42.9 Å². The lowest BCUT2D eigenvalue weighted by Crippen LogP contribution is -2.21. The van der Waals surface area contributed by atoms with E-state index in [1.807, 2.05) is 11.3 Å². The molecule has 0 aliphatic heterocycles. The van der Waals surface area contributed by atoms with E-state index in [0.717, 1.165) is 24.5 Å². The first-order valence-electron chi connectivity index (χ1n) is 9.11. The number of methoxy groups -OCH3 is 2. The predicted molar refractivity (Wildman–Crippen MR) is 106 cm³/mol. The molecule has 0 fully saturated rings. The van der Waals surface area contributed by atoms with Gasteiger partial charge < -0.3 is 14.8 Å². The zero-order valence-electron chi connectivity index (χ0n) is 15.7. The van der Waals surface area contributed by atoms with Crippen LogP contribution in [0, 0.1) is 6.92 Å². The highest BCUT2D eigenvalue weighted by atomic mass is 32.1. The molecule has 1 N–H and O–H groups in total. The fraction of sp³-hybridized carbons (Fsp3) is 0.524. The summed E-state index contributed by atoms with van der Waals surface area (Å²) in [6.45, 7) is 3.25. The molecule has 1 heterocycles. The van der Waals surface area contributed by atoms with E-state index in [1.54, 1.807) is 14.2 Å². The van der Waals surface area contributed by atoms with Crippen molar-refractivity contribution in [1.29, 1.82) is 0 Å². The van der Waals surface area contributed by atoms with Gasteiger partial charge in [-0.2, -0.15) is 0 Å². The molecule has 0 radical (unpaired) electrons. The van der Waals surface area contributed by atoms with Gasteiger partial charge in [0.2, 0.25) is 0 Å². The van der Waals surface area contributed by atoms with Crippen molar-refractivity contribution in [1.82, 2.24) is 5.32 Å². The summed E-state index contributed by atoms with van der Waals surface area (Å²) in [6.07, 6.45) is 4.75. The Bertz CT molecular complexity index is 696. The summed E-state index contributed by atoms with van der Waals surface area (Å²) in [4.78, 5) is 1.49. The molecular formula is C21H29NO2S. The van der Waals surface area contributed by atoms with Crippen molar-refractivity contribution >= 4 is 11.3 Å². The molecule has 0 bridgehead atoms. The molecule has 3 nitrogen and oxygen atoms in total. The van der Waals surface area contributed by atoms with Crippen LogP contribution in [-0.2, 0) is 6.42 Å². The van der Waals surface area contributed by atoms with Gasteiger partial charge in [0, 0.05) is 22.9 Å². The van der Waals surface area contributed by atoms with Crippen LogP contribution in [0.25, 0.3) is 0 Å². The minimum absolute atomic E-state index is 0.563. The topological polar surface area (TPSA) is 30.5 Å². The smallest absolute Gasteiger partial charge is 0.164 e. The lowest BCUT2D eigenvalue weighted by atomic mass is 9.75. The molecule has 4 heteroatoms. The maximum atomic E-state index is 5.73. The second-order valence-corrected chi connectivity index (χ2v) is 7.90. The van der Waals surface area contributed by atoms with E-state index in [-0.39, 0.29) is 0 Å². The van der Waals surface area contributed by atoms with Crippen molar-refractivity contribution < 1.29 is 9.47 Å². The number of benzene rings is 1. The molecule has 136 valence electrons. The Morgan fingerprint density at radius 3 is 2.80 bits per heavy atom. The molecule has 0 saturated heterocycles. The number of nitrogens with one attached hydrogen (secondary N) is 1. The maximum Gasteiger partial charge on any atom is 0.164 e. The third-order valence-electron chi connectivity index (χ3n) is 5.37. The first-order valence-corrected chi connectivity index (χ1v) is 9.99. The van der Waals surface area contributed by atoms with E-state index in [0.29, 0.717) is 11.8 Å². The van der Waals surface area contributed by atoms with Gasteiger partial charge in [0.25, 0.3) is 0 Å². The Hall–Kier alpha value is -1.52. The zero-order chi connectivity index (χ0) is 17.8. The Labute approximate surface area is 155 Å². The molecule has 3 rings (SSSR count). The van der Waals surface area contributed by atoms with Gasteiger partial charge in [0.15, 0.2) is 11.5 Å². The monoisotopic (exact) mass is 359 g/mol. The van der Waals surface area contributed by atoms with Crippen LogP contribution < -0.4 is 14.8 Å². The highest BCUT2D eigenvalue weighted by Crippen LogP contribution is 2.46. The van der Waals surface area contributed by atoms with Crippen molar-refractivity contribution in [3.63, 3.8) is 0 Å². The molecule has 1 aromatic carbocycles. The fourth-order valence-corrected chi connectivity index (χ4v) is 5.20. The second-order valence-electron chi connectivity index (χ2n) is 6.92. The summed E-state index contributed by atoms with van der Waals surface area (Å²) in [6, 6.07) is 6.59. The molecule has 1 aliphatic carbocycles. The summed E-state index contributed by atoms with van der Waals surface area (Å²) in [5.74, 6) is 2.95. The van der Waals surface area contributed by atoms with Crippen molar-refractivity contribution in [3.8, 4) is 11.5 Å². The highest BCUT2D eigenvalue weighted by molar-refractivity contribution is 7.10. The van der Waals surface area contributed by atoms with Crippen LogP contribution >= 0.6 is 11.3 Å². The standard InChI is InChI=1S/C21H29NO2S/c1-14-11-18(23-3)21(24-4)17-8-5-7-15(20(14)17)12-16(13-22-2)19-9-6-10-25-19/h6,9-11,15-16,22H,5,7-8,12-13H2,1-4H3. The van der Waals surface area contributed by atoms with Crippen molar-refractivity contribution in [2.75, 3.05) is 27.8 Å². The first-order chi connectivity index (χ1) is 12.2. The predicted octanol–water partition coefficient (Wildman–Crippen LogP) is 4.89. The number of thiophene rings is 1. The van der Waals surface area contributed by atoms with Crippen LogP contribution in [-0.4, -0.2) is 27.8 Å². The Kier molecular flexibility index (Phi) is 6.02. The van der Waals surface area contributed by atoms with Gasteiger partial charge in [-0.3, -0.25) is 0 Å². The summed E-state index contributed by atoms with van der Waals surface area (Å²) in [5, 5.41) is 5.57. The Balaban J connectivity index is 1.95. The number of ether oxygens (including phenoxy) is 2. The molecule has 0 amide bonds. The molecule has 25 heavy (non-hydrogen) atoms. The number of likely N-dealkylation sites (N-methyl/N-ethyl adjacent to an activating group) is 1. The highest BCUT2D eigenvalue weighted by Gasteiger charge is 2.29. The van der Waals surface area contributed by atoms with E-state index >= 15 is 0 Å². The Morgan fingerprint density at radius 2 is 2.16 bits per heavy atom. The third-order valence-corrected chi connectivity index (χ3v) is 6.41. The van der Waals surface area contributed by atoms with Crippen LogP contribution in [0.4, 0.5) is 0 Å². The summed E-state index contributed by atoms with van der Waals surface area (Å²) >= 11 is 1.87. The average Bonchev–Trinajstić information content (AvgIpc) is 3.15. The second kappa shape index (κ2) is 8.24. The Morgan fingerprint density at radius 1 is 1.32 bits per heavy atom. The molecule has 0 saturated carbocycles. The number of hydrogen-bond acceptors (Lipinski definition) is 4. The normalized spacial score (nSPS) is 17.8. The first kappa shape index (κ1) is 18.3. The van der Waals surface area contributed by atoms with Gasteiger partial charge in [0.1, 0.15) is 0 Å². The SMILES string of the molecule is CNCC(CC1CCCc2c(OC)c(OC)cc(C)c21)c1cccs1. The number of hydrogen-bond donors (Lipinski definition) is 1.